The Morgan fingerprint density at radius 3 is 3.10 bits per heavy atom. The van der Waals surface area contributed by atoms with E-state index >= 15 is 0 Å². The van der Waals surface area contributed by atoms with Gasteiger partial charge in [-0.3, -0.25) is 0 Å². The molecule has 2 heteroatoms. The molecular weight excluding hydrogens is 126 g/mol. The highest BCUT2D eigenvalue weighted by molar-refractivity contribution is 5.49. The number of ether oxygens (including phenoxy) is 1. The summed E-state index contributed by atoms with van der Waals surface area (Å²) in [6.45, 7) is 0.791. The fraction of sp³-hybridized carbons (Fsp3) is 0.625. The first-order chi connectivity index (χ1) is 4.97. The Balaban J connectivity index is 2.23. The molecule has 1 heterocycles. The highest BCUT2D eigenvalue weighted by Gasteiger charge is 2.23. The molecule has 0 saturated carbocycles. The van der Waals surface area contributed by atoms with Crippen LogP contribution in [0.5, 0.6) is 0 Å². The van der Waals surface area contributed by atoms with Gasteiger partial charge in [-0.1, -0.05) is 0 Å². The summed E-state index contributed by atoms with van der Waals surface area (Å²) in [4.78, 5) is 4.18. The minimum absolute atomic E-state index is 0.791. The lowest BCUT2D eigenvalue weighted by atomic mass is 9.97. The zero-order valence-electron chi connectivity index (χ0n) is 5.97. The largest absolute Gasteiger partial charge is 0.441 e. The molecule has 0 aromatic carbocycles. The molecule has 0 spiro atoms. The second-order valence-electron chi connectivity index (χ2n) is 2.80. The summed E-state index contributed by atoms with van der Waals surface area (Å²) in [5, 5.41) is 0. The van der Waals surface area contributed by atoms with E-state index < -0.39 is 0 Å². The van der Waals surface area contributed by atoms with Crippen molar-refractivity contribution in [3.63, 3.8) is 0 Å². The molecule has 1 radical (unpaired) electrons. The van der Waals surface area contributed by atoms with Crippen molar-refractivity contribution in [1.82, 2.24) is 4.99 Å². The SMILES string of the molecule is C1=[N+]C2=C(CCCC2)CO1. The van der Waals surface area contributed by atoms with E-state index in [9.17, 15) is 0 Å². The Kier molecular flexibility index (Phi) is 1.46. The zero-order valence-corrected chi connectivity index (χ0v) is 5.97. The van der Waals surface area contributed by atoms with E-state index in [0.29, 0.717) is 0 Å². The lowest BCUT2D eigenvalue weighted by Gasteiger charge is -2.11. The van der Waals surface area contributed by atoms with Gasteiger partial charge >= 0.3 is 6.40 Å². The normalized spacial score (nSPS) is 24.0. The third kappa shape index (κ3) is 0.939. The van der Waals surface area contributed by atoms with E-state index in [4.69, 9.17) is 4.74 Å². The van der Waals surface area contributed by atoms with Gasteiger partial charge in [0.15, 0.2) is 0 Å². The molecule has 0 fully saturated rings. The fourth-order valence-electron chi connectivity index (χ4n) is 1.50. The molecule has 2 aliphatic rings. The van der Waals surface area contributed by atoms with Crippen molar-refractivity contribution in [1.29, 1.82) is 0 Å². The topological polar surface area (TPSA) is 23.3 Å². The van der Waals surface area contributed by atoms with Crippen LogP contribution in [-0.2, 0) is 4.74 Å². The molecule has 0 saturated heterocycles. The lowest BCUT2D eigenvalue weighted by molar-refractivity contribution is 0.329. The second-order valence-corrected chi connectivity index (χ2v) is 2.80. The summed E-state index contributed by atoms with van der Waals surface area (Å²) in [5.74, 6) is 0. The van der Waals surface area contributed by atoms with Gasteiger partial charge in [0.2, 0.25) is 0 Å². The van der Waals surface area contributed by atoms with Crippen molar-refractivity contribution in [2.45, 2.75) is 25.7 Å². The van der Waals surface area contributed by atoms with Gasteiger partial charge in [-0.15, -0.1) is 0 Å². The van der Waals surface area contributed by atoms with Gasteiger partial charge in [0.1, 0.15) is 6.61 Å². The predicted octanol–water partition coefficient (Wildman–Crippen LogP) is 1.21. The maximum atomic E-state index is 5.09. The van der Waals surface area contributed by atoms with E-state index in [1.165, 1.54) is 30.5 Å². The monoisotopic (exact) mass is 137 g/mol. The van der Waals surface area contributed by atoms with Gasteiger partial charge in [-0.05, 0) is 19.3 Å². The average Bonchev–Trinajstić information content (AvgIpc) is 2.05. The first kappa shape index (κ1) is 5.96. The number of hydrogen-bond donors (Lipinski definition) is 0. The van der Waals surface area contributed by atoms with Crippen molar-refractivity contribution in [3.05, 3.63) is 11.3 Å². The molecule has 1 aliphatic carbocycles. The summed E-state index contributed by atoms with van der Waals surface area (Å²) in [6.07, 6.45) is 6.56. The second kappa shape index (κ2) is 2.45. The van der Waals surface area contributed by atoms with Crippen LogP contribution >= 0.6 is 0 Å². The summed E-state index contributed by atoms with van der Waals surface area (Å²) in [7, 11) is 0. The quantitative estimate of drug-likeness (QED) is 0.492. The maximum absolute atomic E-state index is 5.09. The predicted molar refractivity (Wildman–Crippen MR) is 39.6 cm³/mol. The molecule has 0 amide bonds. The summed E-state index contributed by atoms with van der Waals surface area (Å²) >= 11 is 0. The lowest BCUT2D eigenvalue weighted by Crippen LogP contribution is -2.15. The van der Waals surface area contributed by atoms with Crippen molar-refractivity contribution in [3.8, 4) is 0 Å². The first-order valence-electron chi connectivity index (χ1n) is 3.82. The summed E-state index contributed by atoms with van der Waals surface area (Å²) in [6, 6.07) is 0. The molecule has 2 rings (SSSR count). The molecule has 0 bridgehead atoms. The fourth-order valence-corrected chi connectivity index (χ4v) is 1.50. The molecule has 1 aliphatic heterocycles. The van der Waals surface area contributed by atoms with Crippen LogP contribution in [-0.4, -0.2) is 13.0 Å². The summed E-state index contributed by atoms with van der Waals surface area (Å²) in [5.41, 5.74) is 2.71. The Morgan fingerprint density at radius 1 is 1.30 bits per heavy atom. The number of allylic oxidation sites excluding steroid dienone is 1. The molecule has 0 N–H and O–H groups in total. The molecule has 0 atom stereocenters. The molecule has 0 aromatic heterocycles. The molecule has 53 valence electrons. The van der Waals surface area contributed by atoms with Gasteiger partial charge in [0.05, 0.1) is 4.99 Å². The van der Waals surface area contributed by atoms with E-state index in [0.717, 1.165) is 13.0 Å². The van der Waals surface area contributed by atoms with Crippen LogP contribution in [0, 0.1) is 0 Å². The first-order valence-corrected chi connectivity index (χ1v) is 3.82. The van der Waals surface area contributed by atoms with Crippen LogP contribution in [0.25, 0.3) is 0 Å². The third-order valence-electron chi connectivity index (χ3n) is 2.09. The zero-order chi connectivity index (χ0) is 6.81. The highest BCUT2D eigenvalue weighted by atomic mass is 16.5. The average molecular weight is 137 g/mol. The number of hydrogen-bond acceptors (Lipinski definition) is 2. The van der Waals surface area contributed by atoms with E-state index in [-0.39, 0.29) is 0 Å². The Bertz CT molecular complexity index is 193. The molecule has 10 heavy (non-hydrogen) atoms. The van der Waals surface area contributed by atoms with Crippen LogP contribution in [0.2, 0.25) is 0 Å². The smallest absolute Gasteiger partial charge is 0.398 e. The number of aliphatic imine (C=N–C) groups is 1. The van der Waals surface area contributed by atoms with Crippen molar-refractivity contribution in [2.75, 3.05) is 6.61 Å². The minimum atomic E-state index is 0.791. The van der Waals surface area contributed by atoms with E-state index in [1.54, 1.807) is 6.40 Å². The Labute approximate surface area is 60.6 Å². The standard InChI is InChI=1S/C8H11NO/c1-2-4-8-7(3-1)5-10-6-9-8/h6H,1-5H2/q+1. The Morgan fingerprint density at radius 2 is 2.20 bits per heavy atom. The molecule has 0 unspecified atom stereocenters. The Hall–Kier alpha value is -0.790. The number of rotatable bonds is 0. The van der Waals surface area contributed by atoms with Crippen LogP contribution in [0.4, 0.5) is 0 Å². The minimum Gasteiger partial charge on any atom is -0.441 e. The third-order valence-corrected chi connectivity index (χ3v) is 2.09. The van der Waals surface area contributed by atoms with Crippen LogP contribution in [0.3, 0.4) is 0 Å². The molecule has 2 nitrogen and oxygen atoms in total. The van der Waals surface area contributed by atoms with E-state index in [1.807, 2.05) is 0 Å². The van der Waals surface area contributed by atoms with Gasteiger partial charge in [0.25, 0.3) is 5.70 Å². The van der Waals surface area contributed by atoms with Gasteiger partial charge in [0, 0.05) is 12.0 Å². The maximum Gasteiger partial charge on any atom is 0.398 e. The molecular formula is C8H11NO+. The number of nitrogens with zero attached hydrogens (tertiary/aromatic N) is 1. The van der Waals surface area contributed by atoms with Crippen LogP contribution in [0.15, 0.2) is 11.3 Å². The van der Waals surface area contributed by atoms with Crippen LogP contribution in [0.1, 0.15) is 25.7 Å². The van der Waals surface area contributed by atoms with Crippen molar-refractivity contribution < 1.29 is 4.74 Å². The van der Waals surface area contributed by atoms with Crippen molar-refractivity contribution in [2.24, 2.45) is 0 Å². The van der Waals surface area contributed by atoms with Crippen molar-refractivity contribution >= 4 is 6.40 Å². The van der Waals surface area contributed by atoms with E-state index in [2.05, 4.69) is 4.99 Å². The molecule has 0 aromatic rings. The van der Waals surface area contributed by atoms with Gasteiger partial charge < -0.3 is 4.74 Å². The van der Waals surface area contributed by atoms with Gasteiger partial charge in [-0.25, -0.2) is 0 Å². The summed E-state index contributed by atoms with van der Waals surface area (Å²) < 4.78 is 5.09. The van der Waals surface area contributed by atoms with Gasteiger partial charge in [-0.2, -0.15) is 0 Å². The van der Waals surface area contributed by atoms with Crippen LogP contribution < -0.4 is 4.99 Å². The highest BCUT2D eigenvalue weighted by Crippen LogP contribution is 2.23.